The summed E-state index contributed by atoms with van der Waals surface area (Å²) < 4.78 is 6.95. The van der Waals surface area contributed by atoms with Gasteiger partial charge in [0.2, 0.25) is 5.88 Å². The molecule has 120 valence electrons. The second-order valence-corrected chi connectivity index (χ2v) is 4.94. The fourth-order valence-corrected chi connectivity index (χ4v) is 2.22. The van der Waals surface area contributed by atoms with Crippen LogP contribution in [0.5, 0.6) is 11.6 Å². The molecule has 2 N–H and O–H groups in total. The van der Waals surface area contributed by atoms with Crippen molar-refractivity contribution in [2.45, 2.75) is 13.5 Å². The predicted molar refractivity (Wildman–Crippen MR) is 92.6 cm³/mol. The van der Waals surface area contributed by atoms with Crippen LogP contribution in [-0.4, -0.2) is 27.5 Å². The summed E-state index contributed by atoms with van der Waals surface area (Å²) in [6, 6.07) is 7.18. The molecule has 0 radical (unpaired) electrons. The van der Waals surface area contributed by atoms with Gasteiger partial charge in [0.05, 0.1) is 6.61 Å². The van der Waals surface area contributed by atoms with Crippen LogP contribution in [0.1, 0.15) is 12.5 Å². The molecule has 1 heterocycles. The normalized spacial score (nSPS) is 10.8. The SMILES string of the molecule is C=CCn1c(O)c(C=Nc2ccccc2OCC)c(=O)[nH]c1=S. The first-order valence-corrected chi connectivity index (χ1v) is 7.42. The third-order valence-corrected chi connectivity index (χ3v) is 3.34. The largest absolute Gasteiger partial charge is 0.494 e. The summed E-state index contributed by atoms with van der Waals surface area (Å²) in [5.74, 6) is 0.345. The van der Waals surface area contributed by atoms with Crippen molar-refractivity contribution in [3.8, 4) is 11.6 Å². The first-order chi connectivity index (χ1) is 11.1. The van der Waals surface area contributed by atoms with Crippen LogP contribution in [0.3, 0.4) is 0 Å². The van der Waals surface area contributed by atoms with Crippen LogP contribution in [0.15, 0.2) is 46.7 Å². The molecule has 2 aromatic rings. The van der Waals surface area contributed by atoms with Gasteiger partial charge in [-0.15, -0.1) is 6.58 Å². The van der Waals surface area contributed by atoms with Crippen molar-refractivity contribution in [3.63, 3.8) is 0 Å². The van der Waals surface area contributed by atoms with E-state index in [1.807, 2.05) is 19.1 Å². The van der Waals surface area contributed by atoms with E-state index >= 15 is 0 Å². The second-order valence-electron chi connectivity index (χ2n) is 4.55. The fourth-order valence-electron chi connectivity index (χ4n) is 1.97. The minimum Gasteiger partial charge on any atom is -0.494 e. The van der Waals surface area contributed by atoms with Gasteiger partial charge in [0, 0.05) is 12.8 Å². The zero-order chi connectivity index (χ0) is 16.8. The van der Waals surface area contributed by atoms with Crippen molar-refractivity contribution in [2.75, 3.05) is 6.61 Å². The number of nitrogens with one attached hydrogen (secondary N) is 1. The molecule has 7 heteroatoms. The van der Waals surface area contributed by atoms with Crippen LogP contribution < -0.4 is 10.3 Å². The number of aromatic amines is 1. The third-order valence-electron chi connectivity index (χ3n) is 3.02. The Bertz CT molecular complexity index is 852. The molecule has 6 nitrogen and oxygen atoms in total. The maximum absolute atomic E-state index is 12.0. The van der Waals surface area contributed by atoms with E-state index in [9.17, 15) is 9.90 Å². The summed E-state index contributed by atoms with van der Waals surface area (Å²) in [7, 11) is 0. The highest BCUT2D eigenvalue weighted by atomic mass is 32.1. The summed E-state index contributed by atoms with van der Waals surface area (Å²) in [5, 5.41) is 10.2. The molecule has 0 aliphatic carbocycles. The van der Waals surface area contributed by atoms with Crippen molar-refractivity contribution in [3.05, 3.63) is 57.6 Å². The van der Waals surface area contributed by atoms with E-state index in [2.05, 4.69) is 16.6 Å². The Morgan fingerprint density at radius 2 is 2.22 bits per heavy atom. The van der Waals surface area contributed by atoms with Gasteiger partial charge in [-0.1, -0.05) is 18.2 Å². The average molecular weight is 331 g/mol. The van der Waals surface area contributed by atoms with Crippen molar-refractivity contribution in [2.24, 2.45) is 4.99 Å². The highest BCUT2D eigenvalue weighted by molar-refractivity contribution is 7.71. The topological polar surface area (TPSA) is 79.6 Å². The number of H-pyrrole nitrogens is 1. The van der Waals surface area contributed by atoms with Crippen LogP contribution in [0.25, 0.3) is 0 Å². The Kier molecular flexibility index (Phi) is 5.48. The van der Waals surface area contributed by atoms with Crippen molar-refractivity contribution >= 4 is 24.1 Å². The van der Waals surface area contributed by atoms with E-state index in [0.717, 1.165) is 0 Å². The van der Waals surface area contributed by atoms with E-state index in [-0.39, 0.29) is 22.8 Å². The van der Waals surface area contributed by atoms with Crippen LogP contribution in [0.4, 0.5) is 5.69 Å². The van der Waals surface area contributed by atoms with E-state index in [4.69, 9.17) is 17.0 Å². The number of allylic oxidation sites excluding steroid dienone is 1. The number of hydrogen-bond acceptors (Lipinski definition) is 5. The monoisotopic (exact) mass is 331 g/mol. The zero-order valence-corrected chi connectivity index (χ0v) is 13.5. The number of nitrogens with zero attached hydrogens (tertiary/aromatic N) is 2. The Hall–Kier alpha value is -2.67. The summed E-state index contributed by atoms with van der Waals surface area (Å²) in [6.45, 7) is 6.25. The Morgan fingerprint density at radius 1 is 1.48 bits per heavy atom. The number of para-hydroxylation sites is 2. The molecule has 0 saturated carbocycles. The molecule has 1 aromatic heterocycles. The quantitative estimate of drug-likeness (QED) is 0.484. The highest BCUT2D eigenvalue weighted by Gasteiger charge is 2.10. The molecule has 2 rings (SSSR count). The van der Waals surface area contributed by atoms with Gasteiger partial charge in [0.15, 0.2) is 4.77 Å². The number of aromatic nitrogens is 2. The Morgan fingerprint density at radius 3 is 2.91 bits per heavy atom. The summed E-state index contributed by atoms with van der Waals surface area (Å²) >= 11 is 5.02. The Labute approximate surface area is 138 Å². The van der Waals surface area contributed by atoms with Gasteiger partial charge in [0.25, 0.3) is 5.56 Å². The highest BCUT2D eigenvalue weighted by Crippen LogP contribution is 2.26. The van der Waals surface area contributed by atoms with Crippen molar-refractivity contribution in [1.29, 1.82) is 0 Å². The Balaban J connectivity index is 2.48. The van der Waals surface area contributed by atoms with Crippen LogP contribution >= 0.6 is 12.2 Å². The van der Waals surface area contributed by atoms with Crippen LogP contribution in [0.2, 0.25) is 0 Å². The van der Waals surface area contributed by atoms with Gasteiger partial charge in [-0.25, -0.2) is 0 Å². The standard InChI is InChI=1S/C16H17N3O3S/c1-3-9-19-15(21)11(14(20)18-16(19)23)10-17-12-7-5-6-8-13(12)22-4-2/h3,5-8,10,21H,1,4,9H2,2H3,(H,18,20,23). The fraction of sp³-hybridized carbons (Fsp3) is 0.188. The molecule has 23 heavy (non-hydrogen) atoms. The maximum Gasteiger partial charge on any atom is 0.264 e. The number of hydrogen-bond donors (Lipinski definition) is 2. The molecule has 0 bridgehead atoms. The lowest BCUT2D eigenvalue weighted by Gasteiger charge is -2.09. The van der Waals surface area contributed by atoms with Gasteiger partial charge < -0.3 is 9.84 Å². The number of benzene rings is 1. The summed E-state index contributed by atoms with van der Waals surface area (Å²) in [4.78, 5) is 18.8. The first kappa shape index (κ1) is 16.7. The van der Waals surface area contributed by atoms with Gasteiger partial charge in [-0.05, 0) is 31.3 Å². The summed E-state index contributed by atoms with van der Waals surface area (Å²) in [5.41, 5.74) is 0.0723. The van der Waals surface area contributed by atoms with E-state index in [0.29, 0.717) is 18.0 Å². The predicted octanol–water partition coefficient (Wildman–Crippen LogP) is 2.95. The molecular weight excluding hydrogens is 314 g/mol. The van der Waals surface area contributed by atoms with Crippen LogP contribution in [-0.2, 0) is 6.54 Å². The van der Waals surface area contributed by atoms with E-state index < -0.39 is 5.56 Å². The number of aliphatic imine (C=N–C) groups is 1. The average Bonchev–Trinajstić information content (AvgIpc) is 2.53. The minimum absolute atomic E-state index is 0.0201. The summed E-state index contributed by atoms with van der Waals surface area (Å²) in [6.07, 6.45) is 2.86. The van der Waals surface area contributed by atoms with E-state index in [1.54, 1.807) is 18.2 Å². The number of aromatic hydroxyl groups is 1. The van der Waals surface area contributed by atoms with Crippen molar-refractivity contribution < 1.29 is 9.84 Å². The lowest BCUT2D eigenvalue weighted by atomic mass is 10.3. The van der Waals surface area contributed by atoms with Gasteiger partial charge in [-0.2, -0.15) is 0 Å². The maximum atomic E-state index is 12.0. The van der Waals surface area contributed by atoms with Gasteiger partial charge in [-0.3, -0.25) is 19.3 Å². The molecule has 0 fully saturated rings. The van der Waals surface area contributed by atoms with E-state index in [1.165, 1.54) is 10.8 Å². The van der Waals surface area contributed by atoms with Gasteiger partial charge in [0.1, 0.15) is 17.0 Å². The number of ether oxygens (including phenoxy) is 1. The zero-order valence-electron chi connectivity index (χ0n) is 12.7. The molecule has 0 unspecified atom stereocenters. The molecule has 0 amide bonds. The second kappa shape index (κ2) is 7.55. The molecule has 0 saturated heterocycles. The molecule has 0 aliphatic rings. The van der Waals surface area contributed by atoms with Crippen LogP contribution in [0, 0.1) is 4.77 Å². The molecule has 0 spiro atoms. The smallest absolute Gasteiger partial charge is 0.264 e. The first-order valence-electron chi connectivity index (χ1n) is 7.01. The van der Waals surface area contributed by atoms with Crippen molar-refractivity contribution in [1.82, 2.24) is 9.55 Å². The van der Waals surface area contributed by atoms with Gasteiger partial charge >= 0.3 is 0 Å². The lowest BCUT2D eigenvalue weighted by molar-refractivity contribution is 0.341. The molecule has 1 aromatic carbocycles. The molecular formula is C16H17N3O3S. The molecule has 0 aliphatic heterocycles. The third kappa shape index (κ3) is 3.75. The lowest BCUT2D eigenvalue weighted by Crippen LogP contribution is -2.18. The number of rotatable bonds is 6. The minimum atomic E-state index is -0.509. The molecule has 0 atom stereocenters.